The molecule has 3 nitrogen and oxygen atoms in total. The average molecular weight is 187 g/mol. The van der Waals surface area contributed by atoms with Crippen LogP contribution in [0.4, 0.5) is 0 Å². The first-order valence-corrected chi connectivity index (χ1v) is 5.05. The maximum Gasteiger partial charge on any atom is 0.0610 e. The van der Waals surface area contributed by atoms with Gasteiger partial charge in [-0.3, -0.25) is 0 Å². The Morgan fingerprint density at radius 1 is 1.54 bits per heavy atom. The second-order valence-corrected chi connectivity index (χ2v) is 4.29. The summed E-state index contributed by atoms with van der Waals surface area (Å²) < 4.78 is 4.96. The van der Waals surface area contributed by atoms with Crippen molar-refractivity contribution in [1.29, 1.82) is 0 Å². The van der Waals surface area contributed by atoms with E-state index in [1.165, 1.54) is 12.8 Å². The van der Waals surface area contributed by atoms with Crippen LogP contribution in [0.25, 0.3) is 0 Å². The smallest absolute Gasteiger partial charge is 0.0610 e. The highest BCUT2D eigenvalue weighted by Crippen LogP contribution is 2.36. The van der Waals surface area contributed by atoms with E-state index in [0.29, 0.717) is 6.61 Å². The van der Waals surface area contributed by atoms with E-state index >= 15 is 0 Å². The lowest BCUT2D eigenvalue weighted by Gasteiger charge is -2.28. The second-order valence-electron chi connectivity index (χ2n) is 4.29. The fourth-order valence-electron chi connectivity index (χ4n) is 1.61. The molecule has 1 atom stereocenters. The maximum atomic E-state index is 9.26. The molecule has 0 bridgehead atoms. The standard InChI is InChI=1S/C10H21NO2/c1-10(8-12,7-9-3-4-9)11-5-6-13-2/h9,11-12H,3-8H2,1-2H3. The van der Waals surface area contributed by atoms with Crippen molar-refractivity contribution in [2.45, 2.75) is 31.7 Å². The van der Waals surface area contributed by atoms with E-state index in [4.69, 9.17) is 4.74 Å². The van der Waals surface area contributed by atoms with Crippen LogP contribution in [0, 0.1) is 5.92 Å². The summed E-state index contributed by atoms with van der Waals surface area (Å²) in [5.74, 6) is 0.840. The van der Waals surface area contributed by atoms with Gasteiger partial charge in [0.05, 0.1) is 13.2 Å². The maximum absolute atomic E-state index is 9.26. The van der Waals surface area contributed by atoms with Gasteiger partial charge in [-0.1, -0.05) is 12.8 Å². The third kappa shape index (κ3) is 4.07. The van der Waals surface area contributed by atoms with E-state index in [9.17, 15) is 5.11 Å². The van der Waals surface area contributed by atoms with Crippen LogP contribution in [0.3, 0.4) is 0 Å². The molecule has 0 aromatic heterocycles. The van der Waals surface area contributed by atoms with Crippen molar-refractivity contribution in [3.05, 3.63) is 0 Å². The monoisotopic (exact) mass is 187 g/mol. The molecular formula is C10H21NO2. The van der Waals surface area contributed by atoms with E-state index < -0.39 is 0 Å². The number of hydrogen-bond acceptors (Lipinski definition) is 3. The molecule has 0 aromatic rings. The average Bonchev–Trinajstić information content (AvgIpc) is 2.89. The Hall–Kier alpha value is -0.120. The Kier molecular flexibility index (Phi) is 4.16. The Morgan fingerprint density at radius 3 is 2.69 bits per heavy atom. The number of hydrogen-bond donors (Lipinski definition) is 2. The lowest BCUT2D eigenvalue weighted by atomic mass is 9.96. The summed E-state index contributed by atoms with van der Waals surface area (Å²) in [6.45, 7) is 3.83. The van der Waals surface area contributed by atoms with Crippen molar-refractivity contribution < 1.29 is 9.84 Å². The van der Waals surface area contributed by atoms with Gasteiger partial charge in [0.2, 0.25) is 0 Å². The summed E-state index contributed by atoms with van der Waals surface area (Å²) in [6, 6.07) is 0. The first kappa shape index (κ1) is 11.0. The molecule has 0 saturated heterocycles. The van der Waals surface area contributed by atoms with Crippen LogP contribution in [0.2, 0.25) is 0 Å². The van der Waals surface area contributed by atoms with E-state index in [1.54, 1.807) is 7.11 Å². The molecule has 1 fully saturated rings. The minimum atomic E-state index is -0.0975. The van der Waals surface area contributed by atoms with Gasteiger partial charge in [-0.2, -0.15) is 0 Å². The van der Waals surface area contributed by atoms with Gasteiger partial charge in [-0.05, 0) is 19.3 Å². The number of nitrogens with one attached hydrogen (secondary N) is 1. The molecule has 0 aliphatic heterocycles. The van der Waals surface area contributed by atoms with Gasteiger partial charge >= 0.3 is 0 Å². The third-order valence-corrected chi connectivity index (χ3v) is 2.64. The number of ether oxygens (including phenoxy) is 1. The molecule has 78 valence electrons. The van der Waals surface area contributed by atoms with Crippen molar-refractivity contribution >= 4 is 0 Å². The highest BCUT2D eigenvalue weighted by Gasteiger charge is 2.32. The largest absolute Gasteiger partial charge is 0.394 e. The molecule has 1 rings (SSSR count). The van der Waals surface area contributed by atoms with Crippen LogP contribution in [-0.2, 0) is 4.74 Å². The minimum Gasteiger partial charge on any atom is -0.394 e. The lowest BCUT2D eigenvalue weighted by molar-refractivity contribution is 0.138. The summed E-state index contributed by atoms with van der Waals surface area (Å²) >= 11 is 0. The Labute approximate surface area is 80.5 Å². The topological polar surface area (TPSA) is 41.5 Å². The zero-order valence-corrected chi connectivity index (χ0v) is 8.68. The zero-order chi connectivity index (χ0) is 9.73. The van der Waals surface area contributed by atoms with Crippen molar-refractivity contribution in [2.24, 2.45) is 5.92 Å². The van der Waals surface area contributed by atoms with Gasteiger partial charge in [0.1, 0.15) is 0 Å². The molecule has 0 radical (unpaired) electrons. The zero-order valence-electron chi connectivity index (χ0n) is 8.68. The second kappa shape index (κ2) is 4.94. The van der Waals surface area contributed by atoms with E-state index in [2.05, 4.69) is 12.2 Å². The molecule has 0 heterocycles. The molecule has 0 amide bonds. The van der Waals surface area contributed by atoms with Crippen LogP contribution >= 0.6 is 0 Å². The van der Waals surface area contributed by atoms with Gasteiger partial charge in [-0.25, -0.2) is 0 Å². The Balaban J connectivity index is 2.20. The Morgan fingerprint density at radius 2 is 2.23 bits per heavy atom. The van der Waals surface area contributed by atoms with Gasteiger partial charge in [-0.15, -0.1) is 0 Å². The predicted molar refractivity (Wildman–Crippen MR) is 52.7 cm³/mol. The van der Waals surface area contributed by atoms with Crippen LogP contribution in [0.5, 0.6) is 0 Å². The van der Waals surface area contributed by atoms with Gasteiger partial charge in [0.25, 0.3) is 0 Å². The van der Waals surface area contributed by atoms with Gasteiger partial charge in [0.15, 0.2) is 0 Å². The van der Waals surface area contributed by atoms with Crippen LogP contribution in [0.15, 0.2) is 0 Å². The van der Waals surface area contributed by atoms with E-state index in [1.807, 2.05) is 0 Å². The van der Waals surface area contributed by atoms with Crippen molar-refractivity contribution in [3.8, 4) is 0 Å². The number of aliphatic hydroxyl groups excluding tert-OH is 1. The van der Waals surface area contributed by atoms with Gasteiger partial charge in [0, 0.05) is 19.2 Å². The number of methoxy groups -OCH3 is 1. The Bertz CT molecular complexity index is 148. The molecule has 0 aromatic carbocycles. The molecule has 1 aliphatic rings. The van der Waals surface area contributed by atoms with E-state index in [0.717, 1.165) is 18.9 Å². The summed E-state index contributed by atoms with van der Waals surface area (Å²) in [7, 11) is 1.69. The summed E-state index contributed by atoms with van der Waals surface area (Å²) in [4.78, 5) is 0. The normalized spacial score (nSPS) is 21.5. The number of aliphatic hydroxyl groups is 1. The SMILES string of the molecule is COCCNC(C)(CO)CC1CC1. The van der Waals surface area contributed by atoms with E-state index in [-0.39, 0.29) is 12.1 Å². The first-order chi connectivity index (χ1) is 6.20. The lowest BCUT2D eigenvalue weighted by Crippen LogP contribution is -2.47. The first-order valence-electron chi connectivity index (χ1n) is 5.05. The van der Waals surface area contributed by atoms with Crippen LogP contribution in [0.1, 0.15) is 26.2 Å². The summed E-state index contributed by atoms with van der Waals surface area (Å²) in [5, 5.41) is 12.6. The highest BCUT2D eigenvalue weighted by atomic mass is 16.5. The third-order valence-electron chi connectivity index (χ3n) is 2.64. The van der Waals surface area contributed by atoms with Crippen LogP contribution in [-0.4, -0.2) is 37.5 Å². The predicted octanol–water partition coefficient (Wildman–Crippen LogP) is 0.773. The summed E-state index contributed by atoms with van der Waals surface area (Å²) in [6.07, 6.45) is 3.76. The molecule has 1 unspecified atom stereocenters. The minimum absolute atomic E-state index is 0.0975. The molecule has 1 aliphatic carbocycles. The fourth-order valence-corrected chi connectivity index (χ4v) is 1.61. The van der Waals surface area contributed by atoms with Gasteiger partial charge < -0.3 is 15.2 Å². The summed E-state index contributed by atoms with van der Waals surface area (Å²) in [5.41, 5.74) is -0.0975. The van der Waals surface area contributed by atoms with Crippen LogP contribution < -0.4 is 5.32 Å². The fraction of sp³-hybridized carbons (Fsp3) is 1.00. The molecule has 1 saturated carbocycles. The highest BCUT2D eigenvalue weighted by molar-refractivity contribution is 4.89. The van der Waals surface area contributed by atoms with Crippen molar-refractivity contribution in [3.63, 3.8) is 0 Å². The number of rotatable bonds is 7. The molecule has 3 heteroatoms. The van der Waals surface area contributed by atoms with Crippen molar-refractivity contribution in [1.82, 2.24) is 5.32 Å². The quantitative estimate of drug-likeness (QED) is 0.579. The molecular weight excluding hydrogens is 166 g/mol. The van der Waals surface area contributed by atoms with Crippen molar-refractivity contribution in [2.75, 3.05) is 26.9 Å². The molecule has 0 spiro atoms. The molecule has 2 N–H and O–H groups in total. The molecule has 13 heavy (non-hydrogen) atoms.